The van der Waals surface area contributed by atoms with Gasteiger partial charge in [-0.2, -0.15) is 5.10 Å². The van der Waals surface area contributed by atoms with Gasteiger partial charge in [0.25, 0.3) is 0 Å². The summed E-state index contributed by atoms with van der Waals surface area (Å²) < 4.78 is 1.79. The molecule has 1 aromatic carbocycles. The minimum Gasteiger partial charge on any atom is -0.368 e. The lowest BCUT2D eigenvalue weighted by Gasteiger charge is -2.23. The van der Waals surface area contributed by atoms with Crippen LogP contribution in [0.2, 0.25) is 5.02 Å². The van der Waals surface area contributed by atoms with Gasteiger partial charge in [0.1, 0.15) is 12.1 Å². The predicted octanol–water partition coefficient (Wildman–Crippen LogP) is 3.37. The largest absolute Gasteiger partial charge is 0.368 e. The number of benzene rings is 1. The van der Waals surface area contributed by atoms with Gasteiger partial charge in [0, 0.05) is 17.6 Å². The Kier molecular flexibility index (Phi) is 4.55. The predicted molar refractivity (Wildman–Crippen MR) is 100 cm³/mol. The van der Waals surface area contributed by atoms with Gasteiger partial charge in [0.05, 0.1) is 17.3 Å². The third-order valence-electron chi connectivity index (χ3n) is 4.83. The second-order valence-corrected chi connectivity index (χ2v) is 6.74. The third kappa shape index (κ3) is 3.19. The van der Waals surface area contributed by atoms with Crippen molar-refractivity contribution in [3.05, 3.63) is 41.8 Å². The molecule has 7 heteroatoms. The van der Waals surface area contributed by atoms with E-state index in [-0.39, 0.29) is 0 Å². The smallest absolute Gasteiger partial charge is 0.168 e. The Balaban J connectivity index is 1.61. The third-order valence-corrected chi connectivity index (χ3v) is 5.06. The molecule has 25 heavy (non-hydrogen) atoms. The standard InChI is InChI=1S/C18H21ClN6/c1-2-24-8-4-7-15(24)10-20-17-16-11-23-25(18(16)22-12-21-17)14-6-3-5-13(19)9-14/h3,5-6,9,11-12,15H,2,4,7-8,10H2,1H3,(H,20,21,22). The van der Waals surface area contributed by atoms with E-state index in [4.69, 9.17) is 11.6 Å². The number of aromatic nitrogens is 4. The number of nitrogens with zero attached hydrogens (tertiary/aromatic N) is 5. The second kappa shape index (κ2) is 6.98. The van der Waals surface area contributed by atoms with Crippen molar-refractivity contribution in [1.82, 2.24) is 24.6 Å². The first-order valence-electron chi connectivity index (χ1n) is 8.69. The summed E-state index contributed by atoms with van der Waals surface area (Å²) in [6.45, 7) is 5.39. The molecule has 130 valence electrons. The van der Waals surface area contributed by atoms with Crippen LogP contribution in [0.3, 0.4) is 0 Å². The summed E-state index contributed by atoms with van der Waals surface area (Å²) in [6, 6.07) is 8.16. The van der Waals surface area contributed by atoms with Crippen LogP contribution in [0, 0.1) is 0 Å². The van der Waals surface area contributed by atoms with Crippen LogP contribution in [0.15, 0.2) is 36.8 Å². The van der Waals surface area contributed by atoms with E-state index in [1.165, 1.54) is 19.4 Å². The van der Waals surface area contributed by atoms with Gasteiger partial charge in [-0.3, -0.25) is 4.90 Å². The van der Waals surface area contributed by atoms with E-state index < -0.39 is 0 Å². The molecule has 3 heterocycles. The van der Waals surface area contributed by atoms with Crippen molar-refractivity contribution in [3.8, 4) is 5.69 Å². The van der Waals surface area contributed by atoms with E-state index in [0.717, 1.165) is 35.6 Å². The van der Waals surface area contributed by atoms with Gasteiger partial charge in [-0.25, -0.2) is 14.6 Å². The number of fused-ring (bicyclic) bond motifs is 1. The SMILES string of the molecule is CCN1CCCC1CNc1ncnc2c1cnn2-c1cccc(Cl)c1. The number of hydrogen-bond donors (Lipinski definition) is 1. The fraction of sp³-hybridized carbons (Fsp3) is 0.389. The van der Waals surface area contributed by atoms with E-state index in [1.807, 2.05) is 30.5 Å². The molecule has 0 spiro atoms. The molecule has 1 aliphatic rings. The summed E-state index contributed by atoms with van der Waals surface area (Å²) in [5, 5.41) is 9.58. The summed E-state index contributed by atoms with van der Waals surface area (Å²) in [5.41, 5.74) is 1.67. The van der Waals surface area contributed by atoms with E-state index in [1.54, 1.807) is 11.0 Å². The topological polar surface area (TPSA) is 58.9 Å². The zero-order valence-electron chi connectivity index (χ0n) is 14.2. The molecule has 1 unspecified atom stereocenters. The zero-order valence-corrected chi connectivity index (χ0v) is 14.9. The molecule has 0 radical (unpaired) electrons. The van der Waals surface area contributed by atoms with E-state index in [2.05, 4.69) is 32.2 Å². The highest BCUT2D eigenvalue weighted by Crippen LogP contribution is 2.24. The van der Waals surface area contributed by atoms with Gasteiger partial charge in [0.15, 0.2) is 5.65 Å². The molecule has 1 N–H and O–H groups in total. The molecule has 1 saturated heterocycles. The number of rotatable bonds is 5. The molecular formula is C18H21ClN6. The Morgan fingerprint density at radius 1 is 1.32 bits per heavy atom. The van der Waals surface area contributed by atoms with Gasteiger partial charge in [-0.1, -0.05) is 24.6 Å². The van der Waals surface area contributed by atoms with Crippen LogP contribution in [0.5, 0.6) is 0 Å². The quantitative estimate of drug-likeness (QED) is 0.759. The van der Waals surface area contributed by atoms with Crippen molar-refractivity contribution in [2.75, 3.05) is 25.0 Å². The molecular weight excluding hydrogens is 336 g/mol. The first-order chi connectivity index (χ1) is 12.3. The highest BCUT2D eigenvalue weighted by atomic mass is 35.5. The number of hydrogen-bond acceptors (Lipinski definition) is 5. The molecule has 0 amide bonds. The highest BCUT2D eigenvalue weighted by molar-refractivity contribution is 6.30. The molecule has 3 aromatic rings. The molecule has 4 rings (SSSR count). The normalized spacial score (nSPS) is 18.1. The average Bonchev–Trinajstić information content (AvgIpc) is 3.26. The van der Waals surface area contributed by atoms with Crippen molar-refractivity contribution in [2.45, 2.75) is 25.8 Å². The molecule has 6 nitrogen and oxygen atoms in total. The number of nitrogens with one attached hydrogen (secondary N) is 1. The molecule has 1 atom stereocenters. The van der Waals surface area contributed by atoms with Gasteiger partial charge in [-0.15, -0.1) is 0 Å². The van der Waals surface area contributed by atoms with Gasteiger partial charge in [0.2, 0.25) is 0 Å². The second-order valence-electron chi connectivity index (χ2n) is 6.30. The fourth-order valence-electron chi connectivity index (χ4n) is 3.54. The Bertz CT molecular complexity index is 877. The summed E-state index contributed by atoms with van der Waals surface area (Å²) >= 11 is 6.10. The molecule has 1 aliphatic heterocycles. The Morgan fingerprint density at radius 2 is 2.24 bits per heavy atom. The number of anilines is 1. The van der Waals surface area contributed by atoms with Crippen LogP contribution >= 0.6 is 11.6 Å². The van der Waals surface area contributed by atoms with Crippen LogP contribution in [-0.2, 0) is 0 Å². The molecule has 0 bridgehead atoms. The first kappa shape index (κ1) is 16.3. The molecule has 0 saturated carbocycles. The van der Waals surface area contributed by atoms with Crippen LogP contribution in [-0.4, -0.2) is 50.3 Å². The zero-order chi connectivity index (χ0) is 17.2. The molecule has 2 aromatic heterocycles. The van der Waals surface area contributed by atoms with E-state index in [0.29, 0.717) is 11.1 Å². The van der Waals surface area contributed by atoms with Crippen LogP contribution in [0.1, 0.15) is 19.8 Å². The summed E-state index contributed by atoms with van der Waals surface area (Å²) in [7, 11) is 0. The minimum absolute atomic E-state index is 0.568. The van der Waals surface area contributed by atoms with Crippen molar-refractivity contribution < 1.29 is 0 Å². The van der Waals surface area contributed by atoms with Crippen molar-refractivity contribution in [1.29, 1.82) is 0 Å². The maximum Gasteiger partial charge on any atom is 0.168 e. The summed E-state index contributed by atoms with van der Waals surface area (Å²) in [6.07, 6.45) is 5.90. The lowest BCUT2D eigenvalue weighted by Crippen LogP contribution is -2.34. The van der Waals surface area contributed by atoms with Gasteiger partial charge < -0.3 is 5.32 Å². The van der Waals surface area contributed by atoms with Crippen LogP contribution in [0.4, 0.5) is 5.82 Å². The fourth-order valence-corrected chi connectivity index (χ4v) is 3.72. The van der Waals surface area contributed by atoms with Crippen molar-refractivity contribution in [3.63, 3.8) is 0 Å². The Hall–Kier alpha value is -2.18. The Labute approximate surface area is 151 Å². The highest BCUT2D eigenvalue weighted by Gasteiger charge is 2.23. The van der Waals surface area contributed by atoms with Crippen molar-refractivity contribution in [2.24, 2.45) is 0 Å². The lowest BCUT2D eigenvalue weighted by atomic mass is 10.2. The molecule has 0 aliphatic carbocycles. The van der Waals surface area contributed by atoms with E-state index >= 15 is 0 Å². The lowest BCUT2D eigenvalue weighted by molar-refractivity contribution is 0.277. The Morgan fingerprint density at radius 3 is 3.08 bits per heavy atom. The van der Waals surface area contributed by atoms with Gasteiger partial charge in [-0.05, 0) is 44.1 Å². The summed E-state index contributed by atoms with van der Waals surface area (Å²) in [4.78, 5) is 11.4. The first-order valence-corrected chi connectivity index (χ1v) is 9.06. The molecule has 1 fully saturated rings. The summed E-state index contributed by atoms with van der Waals surface area (Å²) in [5.74, 6) is 0.834. The number of halogens is 1. The number of likely N-dealkylation sites (N-methyl/N-ethyl adjacent to an activating group) is 1. The number of likely N-dealkylation sites (tertiary alicyclic amines) is 1. The van der Waals surface area contributed by atoms with Crippen LogP contribution in [0.25, 0.3) is 16.7 Å². The van der Waals surface area contributed by atoms with Crippen molar-refractivity contribution >= 4 is 28.5 Å². The monoisotopic (exact) mass is 356 g/mol. The maximum atomic E-state index is 6.10. The van der Waals surface area contributed by atoms with Gasteiger partial charge >= 0.3 is 0 Å². The minimum atomic E-state index is 0.568. The maximum absolute atomic E-state index is 6.10. The average molecular weight is 357 g/mol. The van der Waals surface area contributed by atoms with E-state index in [9.17, 15) is 0 Å². The van der Waals surface area contributed by atoms with Crippen LogP contribution < -0.4 is 5.32 Å².